The van der Waals surface area contributed by atoms with Crippen LogP contribution in [0.1, 0.15) is 38.7 Å². The third-order valence-corrected chi connectivity index (χ3v) is 3.41. The topological polar surface area (TPSA) is 58.6 Å². The number of hydrogen-bond acceptors (Lipinski definition) is 3. The van der Waals surface area contributed by atoms with Crippen LogP contribution in [0, 0.1) is 0 Å². The van der Waals surface area contributed by atoms with Gasteiger partial charge in [0.1, 0.15) is 0 Å². The van der Waals surface area contributed by atoms with E-state index in [1.807, 2.05) is 24.3 Å². The van der Waals surface area contributed by atoms with Crippen molar-refractivity contribution >= 4 is 17.5 Å². The van der Waals surface area contributed by atoms with Gasteiger partial charge in [-0.05, 0) is 24.0 Å². The van der Waals surface area contributed by atoms with Gasteiger partial charge in [-0.25, -0.2) is 0 Å². The summed E-state index contributed by atoms with van der Waals surface area (Å²) in [7, 11) is 1.62. The standard InChI is InChI=1S/C17H26N2O3/c1-13(2)15-8-5-6-9-16(15)18-17(21)12-19(14(3)20)10-7-11-22-4/h5-6,8-9,13H,7,10-12H2,1-4H3,(H,18,21). The summed E-state index contributed by atoms with van der Waals surface area (Å²) < 4.78 is 4.98. The van der Waals surface area contributed by atoms with Crippen LogP contribution < -0.4 is 5.32 Å². The molecule has 0 fully saturated rings. The zero-order valence-electron chi connectivity index (χ0n) is 13.9. The molecule has 1 aromatic carbocycles. The van der Waals surface area contributed by atoms with Crippen molar-refractivity contribution in [3.8, 4) is 0 Å². The second-order valence-corrected chi connectivity index (χ2v) is 5.58. The number of nitrogens with zero attached hydrogens (tertiary/aromatic N) is 1. The lowest BCUT2D eigenvalue weighted by Gasteiger charge is -2.21. The summed E-state index contributed by atoms with van der Waals surface area (Å²) in [5.41, 5.74) is 1.90. The molecule has 1 N–H and O–H groups in total. The number of hydrogen-bond donors (Lipinski definition) is 1. The molecule has 0 radical (unpaired) electrons. The minimum Gasteiger partial charge on any atom is -0.385 e. The number of methoxy groups -OCH3 is 1. The molecule has 5 heteroatoms. The van der Waals surface area contributed by atoms with Crippen molar-refractivity contribution in [2.24, 2.45) is 0 Å². The molecule has 0 bridgehead atoms. The number of rotatable bonds is 8. The molecule has 0 unspecified atom stereocenters. The molecule has 2 amide bonds. The van der Waals surface area contributed by atoms with Crippen LogP contribution in [0.25, 0.3) is 0 Å². The number of benzene rings is 1. The molecular weight excluding hydrogens is 280 g/mol. The summed E-state index contributed by atoms with van der Waals surface area (Å²) in [5, 5.41) is 2.90. The Bertz CT molecular complexity index is 500. The van der Waals surface area contributed by atoms with Crippen molar-refractivity contribution in [3.05, 3.63) is 29.8 Å². The lowest BCUT2D eigenvalue weighted by molar-refractivity contribution is -0.132. The SMILES string of the molecule is COCCCN(CC(=O)Nc1ccccc1C(C)C)C(C)=O. The van der Waals surface area contributed by atoms with Crippen LogP contribution in [0.5, 0.6) is 0 Å². The fourth-order valence-electron chi connectivity index (χ4n) is 2.22. The van der Waals surface area contributed by atoms with E-state index in [0.29, 0.717) is 25.5 Å². The Morgan fingerprint density at radius 1 is 1.27 bits per heavy atom. The van der Waals surface area contributed by atoms with Gasteiger partial charge in [0, 0.05) is 32.9 Å². The molecule has 0 aliphatic heterocycles. The van der Waals surface area contributed by atoms with Crippen LogP contribution in [0.4, 0.5) is 5.69 Å². The molecule has 0 saturated carbocycles. The molecule has 122 valence electrons. The molecule has 1 aromatic rings. The first kappa shape index (κ1) is 18.2. The smallest absolute Gasteiger partial charge is 0.244 e. The Balaban J connectivity index is 2.66. The third kappa shape index (κ3) is 5.85. The van der Waals surface area contributed by atoms with Crippen molar-refractivity contribution in [1.82, 2.24) is 4.90 Å². The Morgan fingerprint density at radius 2 is 1.95 bits per heavy atom. The predicted octanol–water partition coefficient (Wildman–Crippen LogP) is 2.63. The second kappa shape index (κ2) is 9.20. The van der Waals surface area contributed by atoms with Gasteiger partial charge in [0.05, 0.1) is 6.54 Å². The van der Waals surface area contributed by atoms with Gasteiger partial charge in [0.25, 0.3) is 0 Å². The molecule has 0 aliphatic carbocycles. The molecule has 0 spiro atoms. The van der Waals surface area contributed by atoms with Crippen LogP contribution in [0.15, 0.2) is 24.3 Å². The van der Waals surface area contributed by atoms with Crippen molar-refractivity contribution in [2.75, 3.05) is 32.1 Å². The number of ether oxygens (including phenoxy) is 1. The fourth-order valence-corrected chi connectivity index (χ4v) is 2.22. The normalized spacial score (nSPS) is 10.6. The van der Waals surface area contributed by atoms with E-state index >= 15 is 0 Å². The zero-order chi connectivity index (χ0) is 16.5. The predicted molar refractivity (Wildman–Crippen MR) is 87.9 cm³/mol. The Morgan fingerprint density at radius 3 is 2.55 bits per heavy atom. The van der Waals surface area contributed by atoms with E-state index in [1.165, 1.54) is 11.8 Å². The van der Waals surface area contributed by atoms with Gasteiger partial charge in [-0.15, -0.1) is 0 Å². The van der Waals surface area contributed by atoms with Crippen molar-refractivity contribution in [1.29, 1.82) is 0 Å². The van der Waals surface area contributed by atoms with Crippen LogP contribution in [0.2, 0.25) is 0 Å². The summed E-state index contributed by atoms with van der Waals surface area (Å²) in [5.74, 6) is 0.0335. The quantitative estimate of drug-likeness (QED) is 0.751. The Labute approximate surface area is 132 Å². The molecular formula is C17H26N2O3. The van der Waals surface area contributed by atoms with Crippen molar-refractivity contribution in [2.45, 2.75) is 33.1 Å². The molecule has 22 heavy (non-hydrogen) atoms. The van der Waals surface area contributed by atoms with Gasteiger partial charge >= 0.3 is 0 Å². The molecule has 5 nitrogen and oxygen atoms in total. The largest absolute Gasteiger partial charge is 0.385 e. The van der Waals surface area contributed by atoms with Crippen molar-refractivity contribution in [3.63, 3.8) is 0 Å². The summed E-state index contributed by atoms with van der Waals surface area (Å²) >= 11 is 0. The van der Waals surface area contributed by atoms with E-state index in [0.717, 1.165) is 11.3 Å². The maximum absolute atomic E-state index is 12.2. The molecule has 0 heterocycles. The summed E-state index contributed by atoms with van der Waals surface area (Å²) in [6.45, 7) is 6.78. The zero-order valence-corrected chi connectivity index (χ0v) is 13.9. The Hall–Kier alpha value is -1.88. The van der Waals surface area contributed by atoms with Gasteiger partial charge < -0.3 is 15.0 Å². The fraction of sp³-hybridized carbons (Fsp3) is 0.529. The van der Waals surface area contributed by atoms with Gasteiger partial charge in [0.15, 0.2) is 0 Å². The highest BCUT2D eigenvalue weighted by atomic mass is 16.5. The van der Waals surface area contributed by atoms with Crippen molar-refractivity contribution < 1.29 is 14.3 Å². The van der Waals surface area contributed by atoms with E-state index in [9.17, 15) is 9.59 Å². The number of para-hydroxylation sites is 1. The monoisotopic (exact) mass is 306 g/mol. The number of amides is 2. The highest BCUT2D eigenvalue weighted by Gasteiger charge is 2.15. The van der Waals surface area contributed by atoms with Gasteiger partial charge in [-0.1, -0.05) is 32.0 Å². The number of carbonyl (C=O) groups is 2. The average Bonchev–Trinajstić information content (AvgIpc) is 2.46. The van der Waals surface area contributed by atoms with Crippen LogP contribution in [0.3, 0.4) is 0 Å². The molecule has 0 aromatic heterocycles. The number of nitrogens with one attached hydrogen (secondary N) is 1. The maximum atomic E-state index is 12.2. The first-order chi connectivity index (χ1) is 10.5. The van der Waals surface area contributed by atoms with E-state index in [4.69, 9.17) is 4.74 Å². The van der Waals surface area contributed by atoms with E-state index in [1.54, 1.807) is 7.11 Å². The van der Waals surface area contributed by atoms with E-state index in [-0.39, 0.29) is 18.4 Å². The Kier molecular flexibility index (Phi) is 7.60. The second-order valence-electron chi connectivity index (χ2n) is 5.58. The molecule has 0 saturated heterocycles. The van der Waals surface area contributed by atoms with Crippen LogP contribution >= 0.6 is 0 Å². The molecule has 1 rings (SSSR count). The first-order valence-corrected chi connectivity index (χ1v) is 7.59. The van der Waals surface area contributed by atoms with Gasteiger partial charge in [-0.2, -0.15) is 0 Å². The summed E-state index contributed by atoms with van der Waals surface area (Å²) in [4.78, 5) is 25.3. The highest BCUT2D eigenvalue weighted by Crippen LogP contribution is 2.23. The van der Waals surface area contributed by atoms with Crippen LogP contribution in [-0.2, 0) is 14.3 Å². The summed E-state index contributed by atoms with van der Waals surface area (Å²) in [6, 6.07) is 7.73. The van der Waals surface area contributed by atoms with E-state index in [2.05, 4.69) is 19.2 Å². The lowest BCUT2D eigenvalue weighted by Crippen LogP contribution is -2.37. The van der Waals surface area contributed by atoms with E-state index < -0.39 is 0 Å². The minimum atomic E-state index is -0.180. The highest BCUT2D eigenvalue weighted by molar-refractivity contribution is 5.95. The first-order valence-electron chi connectivity index (χ1n) is 7.59. The number of carbonyl (C=O) groups excluding carboxylic acids is 2. The van der Waals surface area contributed by atoms with Gasteiger partial charge in [0.2, 0.25) is 11.8 Å². The number of anilines is 1. The maximum Gasteiger partial charge on any atom is 0.244 e. The average molecular weight is 306 g/mol. The lowest BCUT2D eigenvalue weighted by atomic mass is 10.0. The molecule has 0 atom stereocenters. The summed E-state index contributed by atoms with van der Waals surface area (Å²) in [6.07, 6.45) is 0.714. The minimum absolute atomic E-state index is 0.0610. The molecule has 0 aliphatic rings. The third-order valence-electron chi connectivity index (χ3n) is 3.41. The van der Waals surface area contributed by atoms with Gasteiger partial charge in [-0.3, -0.25) is 9.59 Å². The van der Waals surface area contributed by atoms with Crippen LogP contribution in [-0.4, -0.2) is 43.5 Å².